The minimum absolute atomic E-state index is 0.0388. The summed E-state index contributed by atoms with van der Waals surface area (Å²) in [7, 11) is -11.8. The molecule has 0 aliphatic carbocycles. The van der Waals surface area contributed by atoms with Gasteiger partial charge in [0.1, 0.15) is 71.8 Å². The smallest absolute Gasteiger partial charge is 0.338 e. The normalized spacial score (nSPS) is 12.3. The van der Waals surface area contributed by atoms with E-state index in [2.05, 4.69) is 195 Å². The molecule has 8 aromatic rings. The Kier molecular flexibility index (Phi) is 24.0. The molecule has 0 aliphatic heterocycles. The van der Waals surface area contributed by atoms with Crippen LogP contribution >= 0.6 is 14.5 Å². The van der Waals surface area contributed by atoms with Crippen molar-refractivity contribution in [2.24, 2.45) is 0 Å². The first kappa shape index (κ1) is 62.4. The highest BCUT2D eigenvalue weighted by Crippen LogP contribution is 2.52. The maximum Gasteiger partial charge on any atom is 0.338 e. The Bertz CT molecular complexity index is 2930. The second-order valence-corrected chi connectivity index (χ2v) is 28.4. The summed E-state index contributed by atoms with van der Waals surface area (Å²) in [6.07, 6.45) is -1.04. The Morgan fingerprint density at radius 1 is 0.375 bits per heavy atom. The molecule has 0 aliphatic rings. The van der Waals surface area contributed by atoms with Crippen molar-refractivity contribution in [2.75, 3.05) is 53.0 Å². The molecule has 0 saturated carbocycles. The van der Waals surface area contributed by atoms with E-state index in [1.165, 1.54) is 56.1 Å². The Balaban J connectivity index is 0.000000214. The first-order chi connectivity index (χ1) is 38.4. The van der Waals surface area contributed by atoms with Gasteiger partial charge in [-0.2, -0.15) is 16.8 Å². The van der Waals surface area contributed by atoms with E-state index in [0.717, 1.165) is 24.3 Å². The lowest BCUT2D eigenvalue weighted by Crippen LogP contribution is -2.30. The van der Waals surface area contributed by atoms with Gasteiger partial charge in [-0.15, -0.1) is 0 Å². The Hall–Kier alpha value is -6.78. The van der Waals surface area contributed by atoms with Crippen molar-refractivity contribution in [1.82, 2.24) is 0 Å². The van der Waals surface area contributed by atoms with E-state index in [0.29, 0.717) is 12.8 Å². The van der Waals surface area contributed by atoms with Gasteiger partial charge in [-0.3, -0.25) is 9.11 Å². The summed E-state index contributed by atoms with van der Waals surface area (Å²) < 4.78 is 82.4. The van der Waals surface area contributed by atoms with Crippen LogP contribution in [0.15, 0.2) is 240 Å². The van der Waals surface area contributed by atoms with Gasteiger partial charge in [-0.05, 0) is 134 Å². The van der Waals surface area contributed by atoms with E-state index in [-0.39, 0.29) is 60.6 Å². The minimum atomic E-state index is -4.38. The van der Waals surface area contributed by atoms with Crippen LogP contribution in [-0.4, -0.2) is 113 Å². The quantitative estimate of drug-likeness (QED) is 0.0207. The van der Waals surface area contributed by atoms with Crippen molar-refractivity contribution < 1.29 is 64.7 Å². The van der Waals surface area contributed by atoms with Gasteiger partial charge in [-0.1, -0.05) is 109 Å². The van der Waals surface area contributed by atoms with Gasteiger partial charge >= 0.3 is 11.9 Å². The van der Waals surface area contributed by atoms with E-state index in [4.69, 9.17) is 28.1 Å². The summed E-state index contributed by atoms with van der Waals surface area (Å²) >= 11 is 0. The van der Waals surface area contributed by atoms with Gasteiger partial charge in [0.2, 0.25) is 0 Å². The molecule has 2 atom stereocenters. The van der Waals surface area contributed by atoms with Gasteiger partial charge in [-0.25, -0.2) is 9.59 Å². The number of unbranched alkanes of at least 4 members (excludes halogenated alkanes) is 1. The Labute approximate surface area is 470 Å². The molecule has 2 unspecified atom stereocenters. The summed E-state index contributed by atoms with van der Waals surface area (Å²) in [6, 6.07) is 74.1. The van der Waals surface area contributed by atoms with Crippen LogP contribution < -0.4 is 31.8 Å². The summed E-state index contributed by atoms with van der Waals surface area (Å²) in [5, 5.41) is 28.3. The summed E-state index contributed by atoms with van der Waals surface area (Å²) in [6.45, 7) is 4.49. The lowest BCUT2D eigenvalue weighted by molar-refractivity contribution is -0.0182. The molecule has 4 N–H and O–H groups in total. The molecule has 0 spiro atoms. The van der Waals surface area contributed by atoms with E-state index in [1.807, 2.05) is 0 Å². The molecule has 0 fully saturated rings. The number of hydrogen-bond acceptors (Lipinski definition) is 12. The van der Waals surface area contributed by atoms with Crippen LogP contribution in [0.3, 0.4) is 0 Å². The predicted octanol–water partition coefficient (Wildman–Crippen LogP) is 7.95. The maximum absolute atomic E-state index is 11.9. The first-order valence-electron chi connectivity index (χ1n) is 25.5. The lowest BCUT2D eigenvalue weighted by Gasteiger charge is -2.22. The number of carbonyl (C=O) groups is 2. The molecule has 18 heteroatoms. The number of benzene rings is 8. The maximum atomic E-state index is 11.9. The molecule has 0 radical (unpaired) electrons. The SMILES string of the molecule is C[P+](c1ccccc1)(c1ccccc1)c1ccccc1.C[P+](c1ccccc1)(c1ccccc1)c1ccccc1.O=C(OCC(O)COCCCCOCC(O)COC(=O)c1ccc(S(=O)(=O)O)cc1)c1ccc(S(=O)(=O)O)cc1. The minimum Gasteiger partial charge on any atom is -0.459 e. The van der Waals surface area contributed by atoms with E-state index < -0.39 is 58.9 Å². The molecule has 80 heavy (non-hydrogen) atoms. The van der Waals surface area contributed by atoms with Crippen molar-refractivity contribution in [3.63, 3.8) is 0 Å². The number of ether oxygens (including phenoxy) is 4. The number of carbonyl (C=O) groups excluding carboxylic acids is 2. The topological polar surface area (TPSA) is 220 Å². The van der Waals surface area contributed by atoms with Crippen LogP contribution in [0.25, 0.3) is 0 Å². The number of aliphatic hydroxyl groups is 2. The van der Waals surface area contributed by atoms with Gasteiger partial charge < -0.3 is 29.2 Å². The second kappa shape index (κ2) is 30.7. The fourth-order valence-corrected chi connectivity index (χ4v) is 15.6. The Morgan fingerprint density at radius 2 is 0.600 bits per heavy atom. The van der Waals surface area contributed by atoms with Crippen LogP contribution in [0.2, 0.25) is 0 Å². The zero-order valence-corrected chi connectivity index (χ0v) is 47.8. The van der Waals surface area contributed by atoms with Crippen LogP contribution in [-0.2, 0) is 39.2 Å². The summed E-state index contributed by atoms with van der Waals surface area (Å²) in [5.41, 5.74) is 0.0775. The molecule has 0 aromatic heterocycles. The zero-order valence-electron chi connectivity index (χ0n) is 44.3. The molecular weight excluding hydrogens is 1090 g/mol. The number of rotatable bonds is 23. The second-order valence-electron chi connectivity index (χ2n) is 18.4. The highest BCUT2D eigenvalue weighted by atomic mass is 32.2. The summed E-state index contributed by atoms with van der Waals surface area (Å²) in [4.78, 5) is 23.2. The average Bonchev–Trinajstić information content (AvgIpc) is 3.50. The molecule has 0 heterocycles. The van der Waals surface area contributed by atoms with Crippen molar-refractivity contribution >= 4 is 78.5 Å². The van der Waals surface area contributed by atoms with Gasteiger partial charge in [0.15, 0.2) is 0 Å². The molecule has 14 nitrogen and oxygen atoms in total. The Morgan fingerprint density at radius 3 is 0.812 bits per heavy atom. The van der Waals surface area contributed by atoms with Crippen LogP contribution in [0.5, 0.6) is 0 Å². The molecule has 8 aromatic carbocycles. The van der Waals surface area contributed by atoms with Crippen molar-refractivity contribution in [3.05, 3.63) is 242 Å². The third kappa shape index (κ3) is 18.4. The highest BCUT2D eigenvalue weighted by Gasteiger charge is 2.41. The van der Waals surface area contributed by atoms with Crippen molar-refractivity contribution in [1.29, 1.82) is 0 Å². The fourth-order valence-electron chi connectivity index (χ4n) is 8.23. The van der Waals surface area contributed by atoms with Crippen LogP contribution in [0.4, 0.5) is 0 Å². The van der Waals surface area contributed by atoms with Crippen LogP contribution in [0, 0.1) is 0 Å². The van der Waals surface area contributed by atoms with Gasteiger partial charge in [0, 0.05) is 13.2 Å². The number of esters is 2. The summed E-state index contributed by atoms with van der Waals surface area (Å²) in [5.74, 6) is -1.58. The highest BCUT2D eigenvalue weighted by molar-refractivity contribution is 7.95. The number of aliphatic hydroxyl groups excluding tert-OH is 2. The van der Waals surface area contributed by atoms with Gasteiger partial charge in [0.05, 0.1) is 47.5 Å². The van der Waals surface area contributed by atoms with E-state index in [9.17, 15) is 36.6 Å². The monoisotopic (exact) mass is 1160 g/mol. The third-order valence-electron chi connectivity index (χ3n) is 12.7. The van der Waals surface area contributed by atoms with Crippen molar-refractivity contribution in [2.45, 2.75) is 34.8 Å². The lowest BCUT2D eigenvalue weighted by atomic mass is 10.2. The zero-order chi connectivity index (χ0) is 57.4. The fraction of sp³-hybridized carbons (Fsp3) is 0.194. The predicted molar refractivity (Wildman–Crippen MR) is 318 cm³/mol. The average molecular weight is 1160 g/mol. The van der Waals surface area contributed by atoms with E-state index in [1.54, 1.807) is 0 Å². The van der Waals surface area contributed by atoms with Gasteiger partial charge in [0.25, 0.3) is 20.2 Å². The molecule has 418 valence electrons. The van der Waals surface area contributed by atoms with Crippen molar-refractivity contribution in [3.8, 4) is 0 Å². The first-order valence-corrected chi connectivity index (χ1v) is 32.8. The molecular formula is C62H66O14P2S2+2. The van der Waals surface area contributed by atoms with E-state index >= 15 is 0 Å². The largest absolute Gasteiger partial charge is 0.459 e. The third-order valence-corrected chi connectivity index (χ3v) is 22.4. The molecule has 8 rings (SSSR count). The molecule has 0 amide bonds. The number of hydrogen-bond donors (Lipinski definition) is 4. The molecule has 0 saturated heterocycles. The standard InChI is InChI=1S/C24H30O14S2.2C19H18P/c25-19(15-37-23(27)17-3-7-21(8-4-17)39(29,30)31)13-35-11-1-2-12-36-14-20(26)16-38-24(28)18-5-9-22(10-6-18)40(32,33)34;2*1-20(17-11-5-2-6-12-17,18-13-7-3-8-14-18)19-15-9-4-10-16-19/h3-10,19-20,25-26H,1-2,11-16H2,(H,29,30,31)(H,32,33,34);2*2-16H,1H3/q;2*+1. The molecule has 0 bridgehead atoms. The van der Waals surface area contributed by atoms with Crippen LogP contribution in [0.1, 0.15) is 33.6 Å².